The molecule has 1 aliphatic rings. The second-order valence-electron chi connectivity index (χ2n) is 6.80. The van der Waals surface area contributed by atoms with Crippen molar-refractivity contribution in [2.45, 2.75) is 58.9 Å². The molecule has 0 saturated heterocycles. The Balaban J connectivity index is 2.03. The predicted molar refractivity (Wildman–Crippen MR) is 83.2 cm³/mol. The number of hydrogen-bond donors (Lipinski definition) is 1. The summed E-state index contributed by atoms with van der Waals surface area (Å²) in [6.45, 7) is 8.55. The molecule has 0 bridgehead atoms. The van der Waals surface area contributed by atoms with Gasteiger partial charge in [-0.25, -0.2) is 4.98 Å². The summed E-state index contributed by atoms with van der Waals surface area (Å²) in [5.41, 5.74) is 1.55. The smallest absolute Gasteiger partial charge is 0.203 e. The molecule has 1 unspecified atom stereocenters. The van der Waals surface area contributed by atoms with Crippen LogP contribution in [0.5, 0.6) is 0 Å². The van der Waals surface area contributed by atoms with Crippen molar-refractivity contribution in [1.29, 1.82) is 0 Å². The third-order valence-corrected chi connectivity index (χ3v) is 4.23. The van der Waals surface area contributed by atoms with Crippen LogP contribution in [-0.4, -0.2) is 29.8 Å². The summed E-state index contributed by atoms with van der Waals surface area (Å²) in [4.78, 5) is 4.64. The van der Waals surface area contributed by atoms with E-state index in [0.29, 0.717) is 11.5 Å². The first-order valence-electron chi connectivity index (χ1n) is 7.80. The normalized spacial score (nSPS) is 21.9. The van der Waals surface area contributed by atoms with Gasteiger partial charge in [0.1, 0.15) is 0 Å². The summed E-state index contributed by atoms with van der Waals surface area (Å²) >= 11 is 0. The van der Waals surface area contributed by atoms with Gasteiger partial charge < -0.3 is 14.6 Å². The largest absolute Gasteiger partial charge is 0.385 e. The van der Waals surface area contributed by atoms with Gasteiger partial charge in [-0.15, -0.1) is 0 Å². The van der Waals surface area contributed by atoms with E-state index in [1.165, 1.54) is 25.7 Å². The predicted octanol–water partition coefficient (Wildman–Crippen LogP) is 3.78. The lowest BCUT2D eigenvalue weighted by Crippen LogP contribution is -2.25. The van der Waals surface area contributed by atoms with Crippen molar-refractivity contribution in [2.75, 3.05) is 25.6 Å². The molecule has 1 atom stereocenters. The lowest BCUT2D eigenvalue weighted by Gasteiger charge is -2.36. The number of rotatable bonds is 6. The Hall–Kier alpha value is -1.03. The van der Waals surface area contributed by atoms with Crippen LogP contribution < -0.4 is 5.32 Å². The van der Waals surface area contributed by atoms with E-state index in [0.717, 1.165) is 31.2 Å². The quantitative estimate of drug-likeness (QED) is 0.805. The van der Waals surface area contributed by atoms with E-state index >= 15 is 0 Å². The highest BCUT2D eigenvalue weighted by Crippen LogP contribution is 2.41. The van der Waals surface area contributed by atoms with Crippen molar-refractivity contribution in [3.63, 3.8) is 0 Å². The molecule has 1 aromatic heterocycles. The molecule has 1 fully saturated rings. The second kappa shape index (κ2) is 6.61. The summed E-state index contributed by atoms with van der Waals surface area (Å²) in [6.07, 6.45) is 8.39. The van der Waals surface area contributed by atoms with Gasteiger partial charge in [0.25, 0.3) is 0 Å². The Morgan fingerprint density at radius 3 is 3.00 bits per heavy atom. The molecule has 114 valence electrons. The summed E-state index contributed by atoms with van der Waals surface area (Å²) in [5, 5.41) is 3.47. The van der Waals surface area contributed by atoms with Crippen LogP contribution in [-0.2, 0) is 4.74 Å². The van der Waals surface area contributed by atoms with Gasteiger partial charge in [0, 0.05) is 32.5 Å². The van der Waals surface area contributed by atoms with Crippen LogP contribution in [0.3, 0.4) is 0 Å². The molecule has 0 radical (unpaired) electrons. The van der Waals surface area contributed by atoms with Gasteiger partial charge in [-0.05, 0) is 38.0 Å². The fourth-order valence-corrected chi connectivity index (χ4v) is 3.24. The lowest BCUT2D eigenvalue weighted by molar-refractivity contribution is 0.184. The van der Waals surface area contributed by atoms with E-state index in [1.54, 1.807) is 7.11 Å². The molecular formula is C16H29N3O. The average Bonchev–Trinajstić information content (AvgIpc) is 2.75. The van der Waals surface area contributed by atoms with Gasteiger partial charge in [0.2, 0.25) is 5.95 Å². The van der Waals surface area contributed by atoms with Crippen molar-refractivity contribution >= 4 is 5.95 Å². The first-order valence-corrected chi connectivity index (χ1v) is 7.80. The number of nitrogens with zero attached hydrogens (tertiary/aromatic N) is 2. The van der Waals surface area contributed by atoms with Gasteiger partial charge in [0.05, 0.1) is 5.69 Å². The highest BCUT2D eigenvalue weighted by atomic mass is 16.5. The van der Waals surface area contributed by atoms with Gasteiger partial charge >= 0.3 is 0 Å². The van der Waals surface area contributed by atoms with E-state index in [9.17, 15) is 0 Å². The number of hydrogen-bond acceptors (Lipinski definition) is 3. The highest BCUT2D eigenvalue weighted by molar-refractivity contribution is 5.29. The topological polar surface area (TPSA) is 39.1 Å². The Labute approximate surface area is 122 Å². The van der Waals surface area contributed by atoms with Crippen molar-refractivity contribution < 1.29 is 4.74 Å². The minimum absolute atomic E-state index is 0.453. The average molecular weight is 279 g/mol. The molecule has 0 spiro atoms. The van der Waals surface area contributed by atoms with Crippen LogP contribution in [0, 0.1) is 12.3 Å². The maximum Gasteiger partial charge on any atom is 0.203 e. The van der Waals surface area contributed by atoms with Crippen molar-refractivity contribution in [1.82, 2.24) is 9.55 Å². The van der Waals surface area contributed by atoms with Crippen molar-refractivity contribution in [2.24, 2.45) is 5.41 Å². The van der Waals surface area contributed by atoms with E-state index in [1.807, 2.05) is 0 Å². The van der Waals surface area contributed by atoms with Gasteiger partial charge in [-0.1, -0.05) is 20.3 Å². The molecule has 4 heteroatoms. The molecule has 1 saturated carbocycles. The molecule has 1 aliphatic carbocycles. The fraction of sp³-hybridized carbons (Fsp3) is 0.812. The zero-order valence-electron chi connectivity index (χ0n) is 13.4. The summed E-state index contributed by atoms with van der Waals surface area (Å²) < 4.78 is 7.46. The lowest BCUT2D eigenvalue weighted by atomic mass is 9.75. The van der Waals surface area contributed by atoms with Crippen molar-refractivity contribution in [3.05, 3.63) is 11.9 Å². The fourth-order valence-electron chi connectivity index (χ4n) is 3.24. The number of aryl methyl sites for hydroxylation is 1. The Bertz CT molecular complexity index is 425. The molecule has 1 aromatic rings. The zero-order valence-corrected chi connectivity index (χ0v) is 13.4. The zero-order chi connectivity index (χ0) is 14.6. The molecule has 4 nitrogen and oxygen atoms in total. The minimum atomic E-state index is 0.453. The van der Waals surface area contributed by atoms with E-state index in [4.69, 9.17) is 4.74 Å². The SMILES string of the molecule is COCCCNc1nc(C)cn1C1CCCC(C)(C)C1. The van der Waals surface area contributed by atoms with E-state index in [-0.39, 0.29) is 0 Å². The van der Waals surface area contributed by atoms with E-state index < -0.39 is 0 Å². The van der Waals surface area contributed by atoms with E-state index in [2.05, 4.69) is 41.8 Å². The van der Waals surface area contributed by atoms with Gasteiger partial charge in [0.15, 0.2) is 0 Å². The monoisotopic (exact) mass is 279 g/mol. The molecule has 1 N–H and O–H groups in total. The van der Waals surface area contributed by atoms with Gasteiger partial charge in [-0.2, -0.15) is 0 Å². The third kappa shape index (κ3) is 3.98. The molecule has 1 heterocycles. The van der Waals surface area contributed by atoms with Crippen LogP contribution in [0.4, 0.5) is 5.95 Å². The summed E-state index contributed by atoms with van der Waals surface area (Å²) in [6, 6.07) is 0.588. The van der Waals surface area contributed by atoms with Crippen LogP contribution in [0.2, 0.25) is 0 Å². The second-order valence-corrected chi connectivity index (χ2v) is 6.80. The highest BCUT2D eigenvalue weighted by Gasteiger charge is 2.30. The summed E-state index contributed by atoms with van der Waals surface area (Å²) in [5.74, 6) is 1.03. The molecule has 0 amide bonds. The standard InChI is InChI=1S/C16H29N3O/c1-13-12-19(14-7-5-8-16(2,3)11-14)15(18-13)17-9-6-10-20-4/h12,14H,5-11H2,1-4H3,(H,17,18). The Morgan fingerprint density at radius 1 is 1.50 bits per heavy atom. The molecule has 20 heavy (non-hydrogen) atoms. The minimum Gasteiger partial charge on any atom is -0.385 e. The van der Waals surface area contributed by atoms with Crippen LogP contribution in [0.25, 0.3) is 0 Å². The van der Waals surface area contributed by atoms with Crippen LogP contribution in [0.15, 0.2) is 6.20 Å². The van der Waals surface area contributed by atoms with Crippen molar-refractivity contribution in [3.8, 4) is 0 Å². The number of ether oxygens (including phenoxy) is 1. The number of nitrogens with one attached hydrogen (secondary N) is 1. The number of imidazole rings is 1. The number of aromatic nitrogens is 2. The maximum absolute atomic E-state index is 5.09. The number of anilines is 1. The first-order chi connectivity index (χ1) is 9.52. The molecule has 2 rings (SSSR count). The Morgan fingerprint density at radius 2 is 2.30 bits per heavy atom. The van der Waals surface area contributed by atoms with Gasteiger partial charge in [-0.3, -0.25) is 0 Å². The Kier molecular flexibility index (Phi) is 5.08. The maximum atomic E-state index is 5.09. The molecule has 0 aliphatic heterocycles. The molecule has 0 aromatic carbocycles. The van der Waals surface area contributed by atoms with Crippen LogP contribution >= 0.6 is 0 Å². The molecular weight excluding hydrogens is 250 g/mol. The number of methoxy groups -OCH3 is 1. The first kappa shape index (κ1) is 15.4. The van der Waals surface area contributed by atoms with Crippen LogP contribution in [0.1, 0.15) is 57.7 Å². The third-order valence-electron chi connectivity index (χ3n) is 4.23. The summed E-state index contributed by atoms with van der Waals surface area (Å²) in [7, 11) is 1.75.